The Balaban J connectivity index is 1.82. The van der Waals surface area contributed by atoms with Gasteiger partial charge in [0.15, 0.2) is 0 Å². The first-order valence-corrected chi connectivity index (χ1v) is 6.43. The SMILES string of the molecule is Cc1[nH]ncc1-c1ccnc(NC2CCCC2)n1. The number of rotatable bonds is 3. The molecule has 0 bridgehead atoms. The van der Waals surface area contributed by atoms with Gasteiger partial charge in [0, 0.05) is 23.5 Å². The van der Waals surface area contributed by atoms with Gasteiger partial charge in [-0.15, -0.1) is 0 Å². The summed E-state index contributed by atoms with van der Waals surface area (Å²) < 4.78 is 0. The van der Waals surface area contributed by atoms with Crippen LogP contribution < -0.4 is 5.32 Å². The summed E-state index contributed by atoms with van der Waals surface area (Å²) in [4.78, 5) is 8.85. The van der Waals surface area contributed by atoms with Gasteiger partial charge >= 0.3 is 0 Å². The van der Waals surface area contributed by atoms with Gasteiger partial charge in [0.05, 0.1) is 11.9 Å². The van der Waals surface area contributed by atoms with Crippen molar-refractivity contribution in [1.82, 2.24) is 20.2 Å². The van der Waals surface area contributed by atoms with Crippen LogP contribution in [-0.2, 0) is 0 Å². The highest BCUT2D eigenvalue weighted by molar-refractivity contribution is 5.61. The average molecular weight is 243 g/mol. The van der Waals surface area contributed by atoms with Crippen molar-refractivity contribution in [2.24, 2.45) is 0 Å². The largest absolute Gasteiger partial charge is 0.351 e. The zero-order valence-electron chi connectivity index (χ0n) is 10.5. The summed E-state index contributed by atoms with van der Waals surface area (Å²) in [6.07, 6.45) is 8.65. The Labute approximate surface area is 106 Å². The minimum atomic E-state index is 0.533. The molecule has 1 aliphatic carbocycles. The maximum absolute atomic E-state index is 4.56. The fourth-order valence-corrected chi connectivity index (χ4v) is 2.44. The van der Waals surface area contributed by atoms with E-state index in [0.29, 0.717) is 6.04 Å². The first kappa shape index (κ1) is 11.2. The molecule has 0 unspecified atom stereocenters. The summed E-state index contributed by atoms with van der Waals surface area (Å²) in [7, 11) is 0. The fraction of sp³-hybridized carbons (Fsp3) is 0.462. The van der Waals surface area contributed by atoms with Crippen LogP contribution in [0.25, 0.3) is 11.3 Å². The molecular formula is C13H17N5. The number of H-pyrrole nitrogens is 1. The Bertz CT molecular complexity index is 528. The van der Waals surface area contributed by atoms with Crippen LogP contribution in [-0.4, -0.2) is 26.2 Å². The minimum absolute atomic E-state index is 0.533. The number of aromatic nitrogens is 4. The lowest BCUT2D eigenvalue weighted by Crippen LogP contribution is -2.16. The van der Waals surface area contributed by atoms with Crippen LogP contribution in [0.3, 0.4) is 0 Å². The van der Waals surface area contributed by atoms with Crippen LogP contribution in [0.15, 0.2) is 18.5 Å². The van der Waals surface area contributed by atoms with Crippen molar-refractivity contribution in [3.8, 4) is 11.3 Å². The number of anilines is 1. The number of nitrogens with one attached hydrogen (secondary N) is 2. The second-order valence-electron chi connectivity index (χ2n) is 4.80. The van der Waals surface area contributed by atoms with E-state index in [0.717, 1.165) is 22.9 Å². The van der Waals surface area contributed by atoms with E-state index in [1.807, 2.05) is 13.0 Å². The lowest BCUT2D eigenvalue weighted by molar-refractivity contribution is 0.744. The van der Waals surface area contributed by atoms with E-state index in [9.17, 15) is 0 Å². The summed E-state index contributed by atoms with van der Waals surface area (Å²) in [5, 5.41) is 10.4. The van der Waals surface area contributed by atoms with E-state index >= 15 is 0 Å². The van der Waals surface area contributed by atoms with E-state index < -0.39 is 0 Å². The molecule has 0 radical (unpaired) electrons. The van der Waals surface area contributed by atoms with Crippen LogP contribution in [0.1, 0.15) is 31.4 Å². The van der Waals surface area contributed by atoms with Crippen molar-refractivity contribution < 1.29 is 0 Å². The maximum Gasteiger partial charge on any atom is 0.223 e. The van der Waals surface area contributed by atoms with Gasteiger partial charge in [0.25, 0.3) is 0 Å². The fourth-order valence-electron chi connectivity index (χ4n) is 2.44. The second kappa shape index (κ2) is 4.76. The molecule has 0 saturated heterocycles. The van der Waals surface area contributed by atoms with E-state index in [-0.39, 0.29) is 0 Å². The highest BCUT2D eigenvalue weighted by Gasteiger charge is 2.16. The van der Waals surface area contributed by atoms with Crippen molar-refractivity contribution in [3.63, 3.8) is 0 Å². The summed E-state index contributed by atoms with van der Waals surface area (Å²) >= 11 is 0. The first-order chi connectivity index (χ1) is 8.83. The van der Waals surface area contributed by atoms with E-state index in [1.54, 1.807) is 12.4 Å². The van der Waals surface area contributed by atoms with Crippen molar-refractivity contribution in [3.05, 3.63) is 24.2 Å². The monoisotopic (exact) mass is 243 g/mol. The Morgan fingerprint density at radius 3 is 2.89 bits per heavy atom. The highest BCUT2D eigenvalue weighted by Crippen LogP contribution is 2.23. The topological polar surface area (TPSA) is 66.5 Å². The summed E-state index contributed by atoms with van der Waals surface area (Å²) in [6, 6.07) is 2.45. The van der Waals surface area contributed by atoms with Crippen LogP contribution in [0, 0.1) is 6.92 Å². The lowest BCUT2D eigenvalue weighted by atomic mass is 10.2. The Morgan fingerprint density at radius 1 is 1.33 bits per heavy atom. The van der Waals surface area contributed by atoms with Gasteiger partial charge in [-0.05, 0) is 25.8 Å². The molecule has 0 aliphatic heterocycles. The molecule has 1 fully saturated rings. The summed E-state index contributed by atoms with van der Waals surface area (Å²) in [5.74, 6) is 0.722. The number of nitrogens with zero attached hydrogens (tertiary/aromatic N) is 3. The number of aromatic amines is 1. The maximum atomic E-state index is 4.56. The smallest absolute Gasteiger partial charge is 0.223 e. The molecule has 2 aromatic rings. The summed E-state index contributed by atoms with van der Waals surface area (Å²) in [6.45, 7) is 1.99. The van der Waals surface area contributed by atoms with Crippen LogP contribution in [0.2, 0.25) is 0 Å². The molecule has 0 amide bonds. The van der Waals surface area contributed by atoms with Crippen molar-refractivity contribution in [2.75, 3.05) is 5.32 Å². The molecular weight excluding hydrogens is 226 g/mol. The molecule has 0 atom stereocenters. The molecule has 2 heterocycles. The lowest BCUT2D eigenvalue weighted by Gasteiger charge is -2.11. The minimum Gasteiger partial charge on any atom is -0.351 e. The van der Waals surface area contributed by atoms with Gasteiger partial charge < -0.3 is 5.32 Å². The van der Waals surface area contributed by atoms with Gasteiger partial charge in [-0.25, -0.2) is 9.97 Å². The molecule has 3 rings (SSSR count). The Morgan fingerprint density at radius 2 is 2.17 bits per heavy atom. The van der Waals surface area contributed by atoms with Crippen LogP contribution in [0.5, 0.6) is 0 Å². The molecule has 2 N–H and O–H groups in total. The zero-order chi connectivity index (χ0) is 12.4. The highest BCUT2D eigenvalue weighted by atomic mass is 15.1. The third-order valence-electron chi connectivity index (χ3n) is 3.45. The second-order valence-corrected chi connectivity index (χ2v) is 4.80. The quantitative estimate of drug-likeness (QED) is 0.869. The Kier molecular flexibility index (Phi) is 2.96. The van der Waals surface area contributed by atoms with Crippen LogP contribution >= 0.6 is 0 Å². The molecule has 5 heteroatoms. The molecule has 0 spiro atoms. The molecule has 1 saturated carbocycles. The third kappa shape index (κ3) is 2.20. The number of aryl methyl sites for hydroxylation is 1. The predicted octanol–water partition coefficient (Wildman–Crippen LogP) is 2.53. The predicted molar refractivity (Wildman–Crippen MR) is 70.2 cm³/mol. The van der Waals surface area contributed by atoms with Crippen molar-refractivity contribution >= 4 is 5.95 Å². The molecule has 2 aromatic heterocycles. The van der Waals surface area contributed by atoms with E-state index in [4.69, 9.17) is 0 Å². The number of hydrogen-bond donors (Lipinski definition) is 2. The molecule has 94 valence electrons. The van der Waals surface area contributed by atoms with E-state index in [1.165, 1.54) is 25.7 Å². The van der Waals surface area contributed by atoms with Gasteiger partial charge in [0.1, 0.15) is 0 Å². The van der Waals surface area contributed by atoms with Gasteiger partial charge in [0.2, 0.25) is 5.95 Å². The normalized spacial score (nSPS) is 16.1. The van der Waals surface area contributed by atoms with Crippen molar-refractivity contribution in [1.29, 1.82) is 0 Å². The van der Waals surface area contributed by atoms with Gasteiger partial charge in [-0.2, -0.15) is 5.10 Å². The standard InChI is InChI=1S/C13H17N5/c1-9-11(8-15-18-9)12-6-7-14-13(17-12)16-10-4-2-3-5-10/h6-8,10H,2-5H2,1H3,(H,15,18)(H,14,16,17). The van der Waals surface area contributed by atoms with Gasteiger partial charge in [-0.3, -0.25) is 5.10 Å². The van der Waals surface area contributed by atoms with Crippen LogP contribution in [0.4, 0.5) is 5.95 Å². The molecule has 18 heavy (non-hydrogen) atoms. The third-order valence-corrected chi connectivity index (χ3v) is 3.45. The molecule has 0 aromatic carbocycles. The van der Waals surface area contributed by atoms with Crippen molar-refractivity contribution in [2.45, 2.75) is 38.6 Å². The van der Waals surface area contributed by atoms with Gasteiger partial charge in [-0.1, -0.05) is 12.8 Å². The zero-order valence-corrected chi connectivity index (χ0v) is 10.5. The molecule has 1 aliphatic rings. The number of hydrogen-bond acceptors (Lipinski definition) is 4. The average Bonchev–Trinajstić information content (AvgIpc) is 3.01. The summed E-state index contributed by atoms with van der Waals surface area (Å²) in [5.41, 5.74) is 2.98. The molecule has 5 nitrogen and oxygen atoms in total. The van der Waals surface area contributed by atoms with E-state index in [2.05, 4.69) is 25.5 Å². The first-order valence-electron chi connectivity index (χ1n) is 6.43. The Hall–Kier alpha value is -1.91.